The minimum absolute atomic E-state index is 0.180. The molecule has 1 rings (SSSR count). The van der Waals surface area contributed by atoms with Crippen molar-refractivity contribution < 1.29 is 23.4 Å². The van der Waals surface area contributed by atoms with E-state index in [1.165, 1.54) is 7.11 Å². The predicted octanol–water partition coefficient (Wildman–Crippen LogP) is 2.78. The van der Waals surface area contributed by atoms with Gasteiger partial charge in [0.15, 0.2) is 5.89 Å². The van der Waals surface area contributed by atoms with Crippen LogP contribution in [0, 0.1) is 13.8 Å². The van der Waals surface area contributed by atoms with E-state index in [1.807, 2.05) is 0 Å². The van der Waals surface area contributed by atoms with Gasteiger partial charge >= 0.3 is 55.4 Å². The number of carbonyl (C=O) groups excluding carboxylic acids is 1. The van der Waals surface area contributed by atoms with Crippen molar-refractivity contribution >= 4 is 45.9 Å². The van der Waals surface area contributed by atoms with Gasteiger partial charge in [0.2, 0.25) is 0 Å². The molecule has 1 aromatic heterocycles. The first-order chi connectivity index (χ1) is 7.04. The van der Waals surface area contributed by atoms with Gasteiger partial charge in [0.1, 0.15) is 5.76 Å². The van der Waals surface area contributed by atoms with Crippen LogP contribution in [-0.2, 0) is 25.4 Å². The SMILES string of the molecule is COC(=O)Cc1nc(C)oc1C.[I][V][I]. The van der Waals surface area contributed by atoms with Crippen molar-refractivity contribution in [2.24, 2.45) is 0 Å². The molecule has 0 unspecified atom stereocenters. The zero-order chi connectivity index (χ0) is 11.8. The van der Waals surface area contributed by atoms with Crippen molar-refractivity contribution in [3.8, 4) is 0 Å². The number of hydrogen-bond acceptors (Lipinski definition) is 4. The molecule has 0 spiro atoms. The Hall–Kier alpha value is 0.724. The number of carbonyl (C=O) groups is 1. The second-order valence-electron chi connectivity index (χ2n) is 2.55. The molecule has 0 saturated heterocycles. The van der Waals surface area contributed by atoms with Gasteiger partial charge in [-0.05, 0) is 6.92 Å². The third-order valence-electron chi connectivity index (χ3n) is 1.54. The van der Waals surface area contributed by atoms with Gasteiger partial charge in [-0.3, -0.25) is 4.79 Å². The summed E-state index contributed by atoms with van der Waals surface area (Å²) in [5.41, 5.74) is 0.652. The Labute approximate surface area is 118 Å². The molecule has 0 atom stereocenters. The first kappa shape index (κ1) is 15.7. The fourth-order valence-corrected chi connectivity index (χ4v) is 0.945. The van der Waals surface area contributed by atoms with Gasteiger partial charge in [-0.25, -0.2) is 4.98 Å². The minimum atomic E-state index is -0.300. The first-order valence-electron chi connectivity index (χ1n) is 3.97. The summed E-state index contributed by atoms with van der Waals surface area (Å²) in [7, 11) is 1.98. The number of rotatable bonds is 2. The van der Waals surface area contributed by atoms with E-state index in [1.54, 1.807) is 13.8 Å². The number of oxazole rings is 1. The van der Waals surface area contributed by atoms with Crippen molar-refractivity contribution in [3.63, 3.8) is 0 Å². The number of nitrogens with zero attached hydrogens (tertiary/aromatic N) is 1. The number of hydrogen-bond donors (Lipinski definition) is 0. The standard InChI is InChI=1S/C8H11NO3.2HI.V/c1-5-7(4-8(10)11-3)9-6(2)12-5;;;/h4H2,1-3H3;2*1H;/q;;;+2/p-2. The summed E-state index contributed by atoms with van der Waals surface area (Å²) in [6.45, 7) is 3.52. The predicted molar refractivity (Wildman–Crippen MR) is 69.7 cm³/mol. The third-order valence-corrected chi connectivity index (χ3v) is 1.54. The molecule has 15 heavy (non-hydrogen) atoms. The van der Waals surface area contributed by atoms with Crippen LogP contribution in [0.5, 0.6) is 0 Å². The van der Waals surface area contributed by atoms with E-state index in [0.29, 0.717) is 26.8 Å². The summed E-state index contributed by atoms with van der Waals surface area (Å²) in [5.74, 6) is 0.954. The average Bonchev–Trinajstić information content (AvgIpc) is 2.46. The summed E-state index contributed by atoms with van der Waals surface area (Å²) < 4.78 is 9.64. The number of ether oxygens (including phenoxy) is 1. The Morgan fingerprint density at radius 1 is 1.53 bits per heavy atom. The van der Waals surface area contributed by atoms with E-state index >= 15 is 0 Å². The second kappa shape index (κ2) is 8.83. The van der Waals surface area contributed by atoms with Crippen LogP contribution in [-0.4, -0.2) is 18.1 Å². The molecular formula is C8H11I2NO3V. The van der Waals surface area contributed by atoms with Crippen molar-refractivity contribution in [1.29, 1.82) is 0 Å². The molecule has 0 saturated carbocycles. The quantitative estimate of drug-likeness (QED) is 0.489. The van der Waals surface area contributed by atoms with Crippen molar-refractivity contribution in [1.82, 2.24) is 4.98 Å². The molecule has 0 radical (unpaired) electrons. The monoisotopic (exact) mass is 474 g/mol. The molecule has 1 aromatic rings. The van der Waals surface area contributed by atoms with Gasteiger partial charge in [-0.2, -0.15) is 0 Å². The molecule has 0 aliphatic rings. The molecule has 0 aliphatic heterocycles. The summed E-state index contributed by atoms with van der Waals surface area (Å²) in [4.78, 5) is 14.9. The normalized spacial score (nSPS) is 8.87. The van der Waals surface area contributed by atoms with Crippen molar-refractivity contribution in [3.05, 3.63) is 17.3 Å². The molecular weight excluding hydrogens is 463 g/mol. The Morgan fingerprint density at radius 3 is 2.40 bits per heavy atom. The Balaban J connectivity index is 0.000000583. The van der Waals surface area contributed by atoms with Gasteiger partial charge in [-0.1, -0.05) is 0 Å². The molecule has 0 bridgehead atoms. The summed E-state index contributed by atoms with van der Waals surface area (Å²) in [5, 5.41) is 0. The maximum atomic E-state index is 10.8. The van der Waals surface area contributed by atoms with Crippen LogP contribution in [0.4, 0.5) is 0 Å². The van der Waals surface area contributed by atoms with Gasteiger partial charge in [-0.15, -0.1) is 0 Å². The van der Waals surface area contributed by atoms with E-state index < -0.39 is 0 Å². The van der Waals surface area contributed by atoms with E-state index in [2.05, 4.69) is 49.7 Å². The van der Waals surface area contributed by atoms with Crippen LogP contribution in [0.1, 0.15) is 17.3 Å². The van der Waals surface area contributed by atoms with Crippen molar-refractivity contribution in [2.75, 3.05) is 7.11 Å². The van der Waals surface area contributed by atoms with Gasteiger partial charge in [0.25, 0.3) is 0 Å². The van der Waals surface area contributed by atoms with Crippen molar-refractivity contribution in [2.45, 2.75) is 20.3 Å². The van der Waals surface area contributed by atoms with Crippen LogP contribution < -0.4 is 0 Å². The molecule has 85 valence electrons. The van der Waals surface area contributed by atoms with E-state index in [4.69, 9.17) is 4.42 Å². The number of halogens is 2. The first-order valence-corrected chi connectivity index (χ1v) is 13.0. The summed E-state index contributed by atoms with van der Waals surface area (Å²) in [6, 6.07) is 0. The van der Waals surface area contributed by atoms with Gasteiger partial charge in [0.05, 0.1) is 19.2 Å². The van der Waals surface area contributed by atoms with E-state index in [9.17, 15) is 4.79 Å². The summed E-state index contributed by atoms with van der Waals surface area (Å²) >= 11 is 4.74. The molecule has 0 amide bonds. The zero-order valence-corrected chi connectivity index (χ0v) is 14.3. The number of methoxy groups -OCH3 is 1. The fourth-order valence-electron chi connectivity index (χ4n) is 0.945. The Bertz CT molecular complexity index is 317. The van der Waals surface area contributed by atoms with E-state index in [-0.39, 0.29) is 12.4 Å². The third kappa shape index (κ3) is 6.80. The van der Waals surface area contributed by atoms with Crippen LogP contribution in [0.25, 0.3) is 0 Å². The molecule has 1 heterocycles. The molecule has 7 heteroatoms. The zero-order valence-electron chi connectivity index (χ0n) is 8.58. The van der Waals surface area contributed by atoms with Crippen LogP contribution >= 0.6 is 40.0 Å². The molecule has 0 N–H and O–H groups in total. The Kier molecular flexibility index (Phi) is 9.25. The van der Waals surface area contributed by atoms with Crippen LogP contribution in [0.15, 0.2) is 4.42 Å². The number of esters is 1. The van der Waals surface area contributed by atoms with E-state index in [0.717, 1.165) is 0 Å². The Morgan fingerprint density at radius 2 is 2.07 bits per heavy atom. The molecule has 4 nitrogen and oxygen atoms in total. The number of aromatic nitrogens is 1. The average molecular weight is 474 g/mol. The molecule has 0 aliphatic carbocycles. The fraction of sp³-hybridized carbons (Fsp3) is 0.500. The second-order valence-corrected chi connectivity index (χ2v) is 14.3. The van der Waals surface area contributed by atoms with Gasteiger partial charge < -0.3 is 9.15 Å². The van der Waals surface area contributed by atoms with Gasteiger partial charge in [0, 0.05) is 6.92 Å². The molecule has 0 aromatic carbocycles. The maximum absolute atomic E-state index is 10.8. The van der Waals surface area contributed by atoms with Crippen LogP contribution in [0.3, 0.4) is 0 Å². The number of aryl methyl sites for hydroxylation is 2. The summed E-state index contributed by atoms with van der Waals surface area (Å²) in [6.07, 6.45) is 0.180. The topological polar surface area (TPSA) is 52.3 Å². The molecule has 0 fully saturated rings. The van der Waals surface area contributed by atoms with Crippen LogP contribution in [0.2, 0.25) is 0 Å².